The van der Waals surface area contributed by atoms with Crippen molar-refractivity contribution in [1.29, 1.82) is 5.26 Å². The molecule has 0 fully saturated rings. The van der Waals surface area contributed by atoms with Crippen LogP contribution >= 0.6 is 11.3 Å². The van der Waals surface area contributed by atoms with E-state index in [1.807, 2.05) is 6.07 Å². The largest absolute Gasteiger partial charge is 0.381 e. The number of aromatic nitrogens is 2. The van der Waals surface area contributed by atoms with Crippen molar-refractivity contribution in [2.75, 3.05) is 5.73 Å². The van der Waals surface area contributed by atoms with Crippen molar-refractivity contribution in [2.45, 2.75) is 6.92 Å². The molecular formula is C9H6N4OS. The Hall–Kier alpha value is -2.00. The lowest BCUT2D eigenvalue weighted by Crippen LogP contribution is -1.96. The standard InChI is InChI=1S/C9H6N4OS/c1-4(14)7-2-5-9(15-7)13-8(11)6(3-10)12-5/h2H,1H3,(H2,11,13). The Morgan fingerprint density at radius 2 is 2.33 bits per heavy atom. The summed E-state index contributed by atoms with van der Waals surface area (Å²) in [7, 11) is 0. The van der Waals surface area contributed by atoms with Crippen LogP contribution < -0.4 is 5.73 Å². The van der Waals surface area contributed by atoms with Gasteiger partial charge in [-0.05, 0) is 13.0 Å². The molecule has 0 saturated carbocycles. The summed E-state index contributed by atoms with van der Waals surface area (Å²) in [5.41, 5.74) is 6.14. The first-order valence-electron chi connectivity index (χ1n) is 4.10. The SMILES string of the molecule is CC(=O)c1cc2nc(C#N)c(N)nc2s1. The zero-order valence-electron chi connectivity index (χ0n) is 7.81. The molecule has 2 heterocycles. The summed E-state index contributed by atoms with van der Waals surface area (Å²) in [4.78, 5) is 20.3. The smallest absolute Gasteiger partial charge is 0.183 e. The normalized spacial score (nSPS) is 10.1. The zero-order chi connectivity index (χ0) is 11.0. The molecule has 6 heteroatoms. The van der Waals surface area contributed by atoms with Crippen molar-refractivity contribution < 1.29 is 4.79 Å². The van der Waals surface area contributed by atoms with E-state index in [-0.39, 0.29) is 17.3 Å². The van der Waals surface area contributed by atoms with Crippen LogP contribution in [-0.2, 0) is 0 Å². The highest BCUT2D eigenvalue weighted by Gasteiger charge is 2.11. The minimum atomic E-state index is -0.0446. The Morgan fingerprint density at radius 1 is 1.60 bits per heavy atom. The molecule has 0 spiro atoms. The third-order valence-electron chi connectivity index (χ3n) is 1.84. The van der Waals surface area contributed by atoms with E-state index in [9.17, 15) is 4.79 Å². The van der Waals surface area contributed by atoms with Gasteiger partial charge in [0.05, 0.1) is 4.88 Å². The number of nitrogens with two attached hydrogens (primary N) is 1. The van der Waals surface area contributed by atoms with E-state index in [2.05, 4.69) is 9.97 Å². The average molecular weight is 218 g/mol. The lowest BCUT2D eigenvalue weighted by molar-refractivity contribution is 0.102. The van der Waals surface area contributed by atoms with Gasteiger partial charge in [0.1, 0.15) is 16.4 Å². The maximum atomic E-state index is 11.1. The Kier molecular flexibility index (Phi) is 2.10. The molecule has 0 aliphatic heterocycles. The van der Waals surface area contributed by atoms with Gasteiger partial charge in [0, 0.05) is 0 Å². The number of nitrogens with zero attached hydrogens (tertiary/aromatic N) is 3. The average Bonchev–Trinajstić information content (AvgIpc) is 2.59. The van der Waals surface area contributed by atoms with Crippen LogP contribution in [0.1, 0.15) is 22.3 Å². The Balaban J connectivity index is 2.73. The Morgan fingerprint density at radius 3 is 2.93 bits per heavy atom. The summed E-state index contributed by atoms with van der Waals surface area (Å²) in [5, 5.41) is 8.70. The molecule has 0 aromatic carbocycles. The van der Waals surface area contributed by atoms with Gasteiger partial charge in [-0.15, -0.1) is 11.3 Å². The van der Waals surface area contributed by atoms with Crippen LogP contribution in [0.5, 0.6) is 0 Å². The van der Waals surface area contributed by atoms with E-state index < -0.39 is 0 Å². The molecule has 0 unspecified atom stereocenters. The zero-order valence-corrected chi connectivity index (χ0v) is 8.63. The molecule has 0 bridgehead atoms. The van der Waals surface area contributed by atoms with E-state index in [4.69, 9.17) is 11.0 Å². The van der Waals surface area contributed by atoms with Gasteiger partial charge in [0.15, 0.2) is 17.3 Å². The highest BCUT2D eigenvalue weighted by atomic mass is 32.1. The second kappa shape index (κ2) is 3.29. The molecular weight excluding hydrogens is 212 g/mol. The maximum absolute atomic E-state index is 11.1. The molecule has 0 aliphatic rings. The first-order valence-corrected chi connectivity index (χ1v) is 4.91. The number of nitrogen functional groups attached to an aromatic ring is 1. The molecule has 0 amide bonds. The molecule has 0 radical (unpaired) electrons. The summed E-state index contributed by atoms with van der Waals surface area (Å²) in [6.07, 6.45) is 0. The second-order valence-corrected chi connectivity index (χ2v) is 3.96. The number of ketones is 1. The van der Waals surface area contributed by atoms with Crippen LogP contribution in [0.15, 0.2) is 6.07 Å². The monoisotopic (exact) mass is 218 g/mol. The van der Waals surface area contributed by atoms with Gasteiger partial charge in [0.25, 0.3) is 0 Å². The second-order valence-electron chi connectivity index (χ2n) is 2.93. The van der Waals surface area contributed by atoms with Gasteiger partial charge in [-0.3, -0.25) is 4.79 Å². The molecule has 15 heavy (non-hydrogen) atoms. The number of thiophene rings is 1. The van der Waals surface area contributed by atoms with Crippen molar-refractivity contribution in [3.05, 3.63) is 16.6 Å². The topological polar surface area (TPSA) is 92.7 Å². The van der Waals surface area contributed by atoms with Gasteiger partial charge in [-0.2, -0.15) is 5.26 Å². The van der Waals surface area contributed by atoms with Crippen LogP contribution in [0.2, 0.25) is 0 Å². The summed E-state index contributed by atoms with van der Waals surface area (Å²) >= 11 is 1.23. The number of hydrogen-bond donors (Lipinski definition) is 1. The van der Waals surface area contributed by atoms with Gasteiger partial charge in [0.2, 0.25) is 0 Å². The highest BCUT2D eigenvalue weighted by molar-refractivity contribution is 7.20. The molecule has 74 valence electrons. The number of carbonyl (C=O) groups excluding carboxylic acids is 1. The van der Waals surface area contributed by atoms with Crippen molar-refractivity contribution >= 4 is 33.3 Å². The van der Waals surface area contributed by atoms with E-state index in [1.54, 1.807) is 6.07 Å². The maximum Gasteiger partial charge on any atom is 0.183 e. The third kappa shape index (κ3) is 1.53. The van der Waals surface area contributed by atoms with Crippen LogP contribution in [0.25, 0.3) is 10.3 Å². The number of carbonyl (C=O) groups is 1. The molecule has 2 aromatic rings. The summed E-state index contributed by atoms with van der Waals surface area (Å²) in [5.74, 6) is 0.0545. The first kappa shape index (κ1) is 9.55. The van der Waals surface area contributed by atoms with Crippen molar-refractivity contribution in [1.82, 2.24) is 9.97 Å². The molecule has 5 nitrogen and oxygen atoms in total. The number of anilines is 1. The third-order valence-corrected chi connectivity index (χ3v) is 2.96. The molecule has 0 saturated heterocycles. The van der Waals surface area contributed by atoms with Crippen molar-refractivity contribution in [2.24, 2.45) is 0 Å². The number of Topliss-reactive ketones (excluding diaryl/α,β-unsaturated/α-hetero) is 1. The van der Waals surface area contributed by atoms with Gasteiger partial charge in [-0.25, -0.2) is 9.97 Å². The minimum Gasteiger partial charge on any atom is -0.381 e. The van der Waals surface area contributed by atoms with Crippen molar-refractivity contribution in [3.8, 4) is 6.07 Å². The fraction of sp³-hybridized carbons (Fsp3) is 0.111. The van der Waals surface area contributed by atoms with Gasteiger partial charge < -0.3 is 5.73 Å². The van der Waals surface area contributed by atoms with E-state index in [0.29, 0.717) is 15.2 Å². The summed E-state index contributed by atoms with van der Waals surface area (Å²) in [6.45, 7) is 1.47. The molecule has 2 N–H and O–H groups in total. The summed E-state index contributed by atoms with van der Waals surface area (Å²) < 4.78 is 0. The van der Waals surface area contributed by atoms with Gasteiger partial charge >= 0.3 is 0 Å². The number of rotatable bonds is 1. The van der Waals surface area contributed by atoms with Crippen LogP contribution in [-0.4, -0.2) is 15.8 Å². The lowest BCUT2D eigenvalue weighted by atomic mass is 10.3. The summed E-state index contributed by atoms with van der Waals surface area (Å²) in [6, 6.07) is 3.47. The fourth-order valence-corrected chi connectivity index (χ4v) is 2.00. The van der Waals surface area contributed by atoms with E-state index in [0.717, 1.165) is 0 Å². The molecule has 0 aliphatic carbocycles. The fourth-order valence-electron chi connectivity index (χ4n) is 1.13. The van der Waals surface area contributed by atoms with E-state index in [1.165, 1.54) is 18.3 Å². The molecule has 2 rings (SSSR count). The Bertz CT molecular complexity index is 596. The van der Waals surface area contributed by atoms with Gasteiger partial charge in [-0.1, -0.05) is 0 Å². The van der Waals surface area contributed by atoms with Crippen molar-refractivity contribution in [3.63, 3.8) is 0 Å². The number of nitriles is 1. The quantitative estimate of drug-likeness (QED) is 0.729. The Labute approximate surface area is 89.2 Å². The number of hydrogen-bond acceptors (Lipinski definition) is 6. The predicted octanol–water partition coefficient (Wildman–Crippen LogP) is 1.35. The lowest BCUT2D eigenvalue weighted by Gasteiger charge is -1.93. The predicted molar refractivity (Wildman–Crippen MR) is 56.5 cm³/mol. The van der Waals surface area contributed by atoms with Crippen LogP contribution in [0.4, 0.5) is 5.82 Å². The highest BCUT2D eigenvalue weighted by Crippen LogP contribution is 2.24. The first-order chi connectivity index (χ1) is 7.11. The van der Waals surface area contributed by atoms with Crippen LogP contribution in [0.3, 0.4) is 0 Å². The molecule has 2 aromatic heterocycles. The van der Waals surface area contributed by atoms with Crippen LogP contribution in [0, 0.1) is 11.3 Å². The van der Waals surface area contributed by atoms with E-state index >= 15 is 0 Å². The minimum absolute atomic E-state index is 0.0446. The number of fused-ring (bicyclic) bond motifs is 1. The molecule has 0 atom stereocenters.